The molecule has 7 nitrogen and oxygen atoms in total. The third-order valence-corrected chi connectivity index (χ3v) is 10.6. The Morgan fingerprint density at radius 3 is 1.48 bits per heavy atom. The van der Waals surface area contributed by atoms with Gasteiger partial charge in [-0.1, -0.05) is 0 Å². The van der Waals surface area contributed by atoms with Crippen LogP contribution in [-0.4, -0.2) is 41.8 Å². The van der Waals surface area contributed by atoms with Gasteiger partial charge in [0.15, 0.2) is 16.6 Å². The summed E-state index contributed by atoms with van der Waals surface area (Å²) in [6.45, 7) is 10.0. The highest BCUT2D eigenvalue weighted by molar-refractivity contribution is 6.84. The number of hydrogen-bond acceptors (Lipinski definition) is 3. The zero-order valence-corrected chi connectivity index (χ0v) is 15.6. The fourth-order valence-electron chi connectivity index (χ4n) is 2.30. The van der Waals surface area contributed by atoms with Crippen LogP contribution < -0.4 is 22.1 Å². The van der Waals surface area contributed by atoms with Gasteiger partial charge in [0, 0.05) is 13.1 Å². The highest BCUT2D eigenvalue weighted by Gasteiger charge is 2.32. The molecule has 0 bridgehead atoms. The van der Waals surface area contributed by atoms with Gasteiger partial charge in [-0.2, -0.15) is 0 Å². The smallest absolute Gasteiger partial charge is 0.312 e. The van der Waals surface area contributed by atoms with E-state index in [9.17, 15) is 9.59 Å². The first kappa shape index (κ1) is 19.9. The molecule has 0 atom stereocenters. The van der Waals surface area contributed by atoms with Gasteiger partial charge in [-0.05, 0) is 51.1 Å². The third-order valence-electron chi connectivity index (χ3n) is 3.06. The summed E-state index contributed by atoms with van der Waals surface area (Å²) < 4.78 is 6.43. The van der Waals surface area contributed by atoms with Crippen LogP contribution in [-0.2, 0) is 4.12 Å². The minimum Gasteiger partial charge on any atom is -0.455 e. The van der Waals surface area contributed by atoms with Gasteiger partial charge in [0.05, 0.1) is 0 Å². The van der Waals surface area contributed by atoms with Crippen molar-refractivity contribution in [1.29, 1.82) is 0 Å². The Hall–Kier alpha value is -1.07. The molecule has 21 heavy (non-hydrogen) atoms. The van der Waals surface area contributed by atoms with Crippen molar-refractivity contribution in [3.63, 3.8) is 0 Å². The van der Waals surface area contributed by atoms with Crippen molar-refractivity contribution in [3.05, 3.63) is 0 Å². The zero-order valence-electron chi connectivity index (χ0n) is 13.6. The lowest BCUT2D eigenvalue weighted by atomic mass is 10.5. The van der Waals surface area contributed by atoms with Crippen molar-refractivity contribution < 1.29 is 13.7 Å². The Labute approximate surface area is 129 Å². The molecule has 0 spiro atoms. The standard InChI is InChI=1S/C12H30N4O3Si2/c1-20(2,9-5-7-15-11(13)17)19-21(3,4)10-6-8-16-12(14)18/h5-10H2,1-4H3,(H3,13,15,17)(H3,14,16,18). The third kappa shape index (κ3) is 12.4. The van der Waals surface area contributed by atoms with Gasteiger partial charge in [0.2, 0.25) is 0 Å². The van der Waals surface area contributed by atoms with Crippen LogP contribution in [0.25, 0.3) is 0 Å². The van der Waals surface area contributed by atoms with E-state index in [1.807, 2.05) is 0 Å². The van der Waals surface area contributed by atoms with Crippen LogP contribution in [0.4, 0.5) is 9.59 Å². The molecule has 0 aromatic carbocycles. The molecule has 0 rings (SSSR count). The van der Waals surface area contributed by atoms with E-state index in [0.29, 0.717) is 13.1 Å². The van der Waals surface area contributed by atoms with Gasteiger partial charge >= 0.3 is 12.1 Å². The largest absolute Gasteiger partial charge is 0.455 e. The summed E-state index contributed by atoms with van der Waals surface area (Å²) in [5.74, 6) is 0. The molecule has 0 aliphatic rings. The Morgan fingerprint density at radius 1 is 0.857 bits per heavy atom. The normalized spacial score (nSPS) is 12.0. The molecule has 0 saturated heterocycles. The number of nitrogens with two attached hydrogens (primary N) is 2. The number of amides is 4. The van der Waals surface area contributed by atoms with Crippen molar-refractivity contribution in [2.45, 2.75) is 51.1 Å². The maximum atomic E-state index is 10.6. The first-order valence-electron chi connectivity index (χ1n) is 7.31. The number of hydrogen-bond donors (Lipinski definition) is 4. The molecule has 0 aliphatic carbocycles. The number of carbonyl (C=O) groups excluding carboxylic acids is 2. The predicted molar refractivity (Wildman–Crippen MR) is 90.1 cm³/mol. The molecule has 0 radical (unpaired) electrons. The minimum absolute atomic E-state index is 0.480. The summed E-state index contributed by atoms with van der Waals surface area (Å²) in [5.41, 5.74) is 10.1. The fourth-order valence-corrected chi connectivity index (χ4v) is 11.2. The van der Waals surface area contributed by atoms with Crippen LogP contribution in [0, 0.1) is 0 Å². The van der Waals surface area contributed by atoms with Crippen LogP contribution in [0.15, 0.2) is 0 Å². The van der Waals surface area contributed by atoms with E-state index >= 15 is 0 Å². The molecule has 4 amide bonds. The first-order chi connectivity index (χ1) is 9.54. The van der Waals surface area contributed by atoms with E-state index in [2.05, 4.69) is 36.8 Å². The van der Waals surface area contributed by atoms with Crippen LogP contribution in [0.5, 0.6) is 0 Å². The van der Waals surface area contributed by atoms with E-state index in [4.69, 9.17) is 15.6 Å². The van der Waals surface area contributed by atoms with Crippen molar-refractivity contribution in [1.82, 2.24) is 10.6 Å². The Morgan fingerprint density at radius 2 is 1.19 bits per heavy atom. The molecule has 0 unspecified atom stereocenters. The zero-order chi connectivity index (χ0) is 16.5. The second-order valence-electron chi connectivity index (χ2n) is 6.41. The van der Waals surface area contributed by atoms with Crippen LogP contribution in [0.1, 0.15) is 12.8 Å². The lowest BCUT2D eigenvalue weighted by molar-refractivity contribution is 0.248. The molecule has 0 heterocycles. The Bertz CT molecular complexity index is 319. The summed E-state index contributed by atoms with van der Waals surface area (Å²) >= 11 is 0. The SMILES string of the molecule is C[Si](C)(CCCNC(N)=O)O[Si](C)(C)CCCNC(N)=O. The van der Waals surface area contributed by atoms with Crippen molar-refractivity contribution in [2.75, 3.05) is 13.1 Å². The number of nitrogens with one attached hydrogen (secondary N) is 2. The van der Waals surface area contributed by atoms with Gasteiger partial charge in [-0.15, -0.1) is 0 Å². The minimum atomic E-state index is -1.74. The van der Waals surface area contributed by atoms with Crippen molar-refractivity contribution in [3.8, 4) is 0 Å². The molecule has 9 heteroatoms. The average molecular weight is 335 g/mol. The molecule has 0 aliphatic heterocycles. The summed E-state index contributed by atoms with van der Waals surface area (Å²) in [6.07, 6.45) is 1.77. The molecule has 124 valence electrons. The summed E-state index contributed by atoms with van der Waals surface area (Å²) in [6, 6.07) is 1.02. The molecule has 0 aromatic heterocycles. The predicted octanol–water partition coefficient (Wildman–Crippen LogP) is 1.53. The average Bonchev–Trinajstić information content (AvgIpc) is 2.28. The van der Waals surface area contributed by atoms with Crippen LogP contribution in [0.3, 0.4) is 0 Å². The Kier molecular flexibility index (Phi) is 8.59. The number of primary amides is 2. The van der Waals surface area contributed by atoms with Crippen molar-refractivity contribution in [2.24, 2.45) is 11.5 Å². The van der Waals surface area contributed by atoms with E-state index in [0.717, 1.165) is 24.9 Å². The van der Waals surface area contributed by atoms with Crippen molar-refractivity contribution >= 4 is 28.7 Å². The lowest BCUT2D eigenvalue weighted by Gasteiger charge is -2.34. The van der Waals surface area contributed by atoms with Crippen LogP contribution in [0.2, 0.25) is 38.3 Å². The monoisotopic (exact) mass is 334 g/mol. The first-order valence-corrected chi connectivity index (χ1v) is 13.5. The topological polar surface area (TPSA) is 119 Å². The molecular formula is C12H30N4O3Si2. The second kappa shape index (κ2) is 9.05. The molecule has 6 N–H and O–H groups in total. The Balaban J connectivity index is 4.03. The molecule has 0 saturated carbocycles. The maximum absolute atomic E-state index is 10.6. The molecule has 0 aromatic rings. The highest BCUT2D eigenvalue weighted by Crippen LogP contribution is 2.23. The van der Waals surface area contributed by atoms with Crippen LogP contribution >= 0.6 is 0 Å². The maximum Gasteiger partial charge on any atom is 0.312 e. The van der Waals surface area contributed by atoms with E-state index < -0.39 is 28.7 Å². The lowest BCUT2D eigenvalue weighted by Crippen LogP contribution is -2.45. The van der Waals surface area contributed by atoms with Gasteiger partial charge in [0.1, 0.15) is 0 Å². The van der Waals surface area contributed by atoms with Gasteiger partial charge in [-0.25, -0.2) is 9.59 Å². The number of carbonyl (C=O) groups is 2. The summed E-state index contributed by atoms with van der Waals surface area (Å²) in [4.78, 5) is 21.2. The van der Waals surface area contributed by atoms with Gasteiger partial charge in [-0.3, -0.25) is 0 Å². The number of urea groups is 2. The highest BCUT2D eigenvalue weighted by atomic mass is 28.4. The van der Waals surface area contributed by atoms with Gasteiger partial charge < -0.3 is 26.2 Å². The van der Waals surface area contributed by atoms with E-state index in [1.54, 1.807) is 0 Å². The quantitative estimate of drug-likeness (QED) is 0.358. The molecular weight excluding hydrogens is 304 g/mol. The van der Waals surface area contributed by atoms with E-state index in [1.165, 1.54) is 0 Å². The van der Waals surface area contributed by atoms with E-state index in [-0.39, 0.29) is 0 Å². The fraction of sp³-hybridized carbons (Fsp3) is 0.833. The molecule has 0 fully saturated rings. The van der Waals surface area contributed by atoms with Gasteiger partial charge in [0.25, 0.3) is 0 Å². The second-order valence-corrected chi connectivity index (χ2v) is 15.3. The summed E-state index contributed by atoms with van der Waals surface area (Å²) in [5, 5.41) is 5.20. The summed E-state index contributed by atoms with van der Waals surface area (Å²) in [7, 11) is -3.47. The number of rotatable bonds is 10.